The summed E-state index contributed by atoms with van der Waals surface area (Å²) in [5.74, 6) is 0.527. The van der Waals surface area contributed by atoms with Gasteiger partial charge in [-0.05, 0) is 86.5 Å². The molecule has 2 saturated heterocycles. The average molecular weight is 558 g/mol. The van der Waals surface area contributed by atoms with E-state index in [0.717, 1.165) is 37.6 Å². The Hall–Kier alpha value is -2.40. The highest BCUT2D eigenvalue weighted by Gasteiger charge is 2.52. The summed E-state index contributed by atoms with van der Waals surface area (Å²) in [6, 6.07) is -0.280. The molecule has 0 unspecified atom stereocenters. The van der Waals surface area contributed by atoms with Crippen molar-refractivity contribution < 1.29 is 23.6 Å². The largest absolute Gasteiger partial charge is 0.498 e. The van der Waals surface area contributed by atoms with E-state index in [1.807, 2.05) is 67.2 Å². The molecule has 2 aliphatic heterocycles. The molecule has 0 spiro atoms. The molecular formula is C29H48BN5O5. The zero-order valence-corrected chi connectivity index (χ0v) is 25.8. The third kappa shape index (κ3) is 7.08. The van der Waals surface area contributed by atoms with E-state index in [0.29, 0.717) is 25.1 Å². The number of ether oxygens (including phenoxy) is 1. The lowest BCUT2D eigenvalue weighted by atomic mass is 9.81. The minimum Gasteiger partial charge on any atom is -0.444 e. The Morgan fingerprint density at radius 3 is 2.23 bits per heavy atom. The van der Waals surface area contributed by atoms with Crippen LogP contribution in [0.1, 0.15) is 94.4 Å². The zero-order chi connectivity index (χ0) is 29.5. The number of piperidine rings is 1. The number of hydrogen-bond donors (Lipinski definition) is 1. The van der Waals surface area contributed by atoms with Crippen LogP contribution in [-0.2, 0) is 18.8 Å². The predicted octanol–water partition coefficient (Wildman–Crippen LogP) is 3.68. The van der Waals surface area contributed by atoms with Gasteiger partial charge in [-0.25, -0.2) is 14.8 Å². The van der Waals surface area contributed by atoms with Crippen LogP contribution in [0, 0.1) is 5.92 Å². The van der Waals surface area contributed by atoms with E-state index in [1.54, 1.807) is 12.4 Å². The number of likely N-dealkylation sites (tertiary alicyclic amines) is 1. The maximum absolute atomic E-state index is 13.8. The summed E-state index contributed by atoms with van der Waals surface area (Å²) in [6.07, 6.45) is 8.09. The quantitative estimate of drug-likeness (QED) is 0.483. The molecule has 0 bridgehead atoms. The van der Waals surface area contributed by atoms with Crippen LogP contribution in [0.5, 0.6) is 0 Å². The van der Waals surface area contributed by atoms with E-state index in [2.05, 4.69) is 10.2 Å². The van der Waals surface area contributed by atoms with Crippen LogP contribution in [0.4, 0.5) is 10.7 Å². The molecule has 3 heterocycles. The van der Waals surface area contributed by atoms with Crippen LogP contribution in [0.15, 0.2) is 12.4 Å². The molecule has 4 rings (SSSR count). The van der Waals surface area contributed by atoms with Gasteiger partial charge in [-0.1, -0.05) is 13.8 Å². The van der Waals surface area contributed by atoms with E-state index >= 15 is 0 Å². The van der Waals surface area contributed by atoms with Crippen LogP contribution < -0.4 is 15.7 Å². The van der Waals surface area contributed by atoms with Gasteiger partial charge in [-0.3, -0.25) is 4.79 Å². The van der Waals surface area contributed by atoms with E-state index in [1.165, 1.54) is 0 Å². The van der Waals surface area contributed by atoms with Crippen molar-refractivity contribution in [1.82, 2.24) is 20.2 Å². The van der Waals surface area contributed by atoms with E-state index in [9.17, 15) is 9.59 Å². The van der Waals surface area contributed by atoms with E-state index in [4.69, 9.17) is 24.0 Å². The Morgan fingerprint density at radius 2 is 1.70 bits per heavy atom. The molecule has 11 heteroatoms. The second kappa shape index (κ2) is 11.5. The lowest BCUT2D eigenvalue weighted by Crippen LogP contribution is -2.58. The number of aromatic nitrogens is 2. The van der Waals surface area contributed by atoms with Gasteiger partial charge in [0.25, 0.3) is 0 Å². The normalized spacial score (nSPS) is 23.2. The smallest absolute Gasteiger partial charge is 0.444 e. The fourth-order valence-corrected chi connectivity index (χ4v) is 5.19. The number of carbonyl (C=O) groups is 2. The maximum atomic E-state index is 13.8. The molecule has 1 aliphatic carbocycles. The van der Waals surface area contributed by atoms with E-state index < -0.39 is 36.1 Å². The number of nitrogens with one attached hydrogen (secondary N) is 1. The summed E-state index contributed by atoms with van der Waals surface area (Å²) in [4.78, 5) is 40.0. The minimum absolute atomic E-state index is 0.00918. The van der Waals surface area contributed by atoms with Gasteiger partial charge in [0.1, 0.15) is 11.6 Å². The SMILES string of the molecule is CC(C)[C@H](NC(=O)OC(C)(C)C)C(=O)N1CCCC[C@H]1CN(c1ncc(B2OC(C)(C)C(C)(C)O2)cn1)C1CC1. The Balaban J connectivity index is 1.47. The minimum atomic E-state index is -0.653. The lowest BCUT2D eigenvalue weighted by molar-refractivity contribution is -0.138. The Bertz CT molecular complexity index is 1040. The van der Waals surface area contributed by atoms with Crippen molar-refractivity contribution in [2.45, 2.75) is 129 Å². The second-order valence-corrected chi connectivity index (χ2v) is 13.8. The second-order valence-electron chi connectivity index (χ2n) is 13.8. The van der Waals surface area contributed by atoms with Gasteiger partial charge in [0.05, 0.1) is 11.2 Å². The number of rotatable bonds is 8. The van der Waals surface area contributed by atoms with E-state index in [-0.39, 0.29) is 17.9 Å². The molecule has 40 heavy (non-hydrogen) atoms. The van der Waals surface area contributed by atoms with Crippen LogP contribution in [0.2, 0.25) is 0 Å². The number of amides is 2. The molecule has 1 saturated carbocycles. The number of hydrogen-bond acceptors (Lipinski definition) is 8. The molecule has 3 aliphatic rings. The summed E-state index contributed by atoms with van der Waals surface area (Å²) in [5, 5.41) is 2.84. The first-order valence-corrected chi connectivity index (χ1v) is 14.8. The highest BCUT2D eigenvalue weighted by Crippen LogP contribution is 2.36. The summed E-state index contributed by atoms with van der Waals surface area (Å²) in [6.45, 7) is 18.8. The van der Waals surface area contributed by atoms with Crippen LogP contribution in [-0.4, -0.2) is 82.0 Å². The average Bonchev–Trinajstić information content (AvgIpc) is 3.66. The highest BCUT2D eigenvalue weighted by molar-refractivity contribution is 6.61. The van der Waals surface area contributed by atoms with Gasteiger partial charge in [0.15, 0.2) is 0 Å². The summed E-state index contributed by atoms with van der Waals surface area (Å²) >= 11 is 0. The van der Waals surface area contributed by atoms with Crippen molar-refractivity contribution in [3.63, 3.8) is 0 Å². The maximum Gasteiger partial charge on any atom is 0.498 e. The van der Waals surface area contributed by atoms with Gasteiger partial charge in [0, 0.05) is 43.0 Å². The first-order chi connectivity index (χ1) is 18.6. The van der Waals surface area contributed by atoms with Crippen molar-refractivity contribution in [1.29, 1.82) is 0 Å². The Labute approximate surface area is 240 Å². The molecule has 3 fully saturated rings. The third-order valence-electron chi connectivity index (χ3n) is 8.35. The number of carbonyl (C=O) groups excluding carboxylic acids is 2. The fraction of sp³-hybridized carbons (Fsp3) is 0.793. The van der Waals surface area contributed by atoms with Crippen LogP contribution >= 0.6 is 0 Å². The molecule has 1 N–H and O–H groups in total. The molecule has 0 aromatic carbocycles. The first-order valence-electron chi connectivity index (χ1n) is 14.8. The standard InChI is InChI=1S/C29H48BN5O5/c1-19(2)23(33-26(37)38-27(3,4)5)24(36)34-15-11-10-12-22(34)18-35(21-13-14-21)25-31-16-20(17-32-25)30-39-28(6,7)29(8,9)40-30/h16-17,19,21-23H,10-15,18H2,1-9H3,(H,33,37)/t22-,23-/m0/s1. The van der Waals surface area contributed by atoms with Crippen molar-refractivity contribution in [2.75, 3.05) is 18.0 Å². The van der Waals surface area contributed by atoms with Crippen molar-refractivity contribution in [3.8, 4) is 0 Å². The van der Waals surface area contributed by atoms with Gasteiger partial charge in [-0.15, -0.1) is 0 Å². The molecule has 10 nitrogen and oxygen atoms in total. The molecule has 222 valence electrons. The zero-order valence-electron chi connectivity index (χ0n) is 25.8. The molecule has 2 amide bonds. The summed E-state index contributed by atoms with van der Waals surface area (Å²) in [7, 11) is -0.509. The summed E-state index contributed by atoms with van der Waals surface area (Å²) in [5.41, 5.74) is -0.704. The molecule has 1 aromatic rings. The third-order valence-corrected chi connectivity index (χ3v) is 8.35. The Morgan fingerprint density at radius 1 is 1.10 bits per heavy atom. The fourth-order valence-electron chi connectivity index (χ4n) is 5.19. The number of nitrogens with zero attached hydrogens (tertiary/aromatic N) is 4. The first kappa shape index (κ1) is 30.6. The van der Waals surface area contributed by atoms with Gasteiger partial charge in [0.2, 0.25) is 11.9 Å². The van der Waals surface area contributed by atoms with Crippen molar-refractivity contribution in [3.05, 3.63) is 12.4 Å². The number of anilines is 1. The molecule has 2 atom stereocenters. The number of alkyl carbamates (subject to hydrolysis) is 1. The van der Waals surface area contributed by atoms with Crippen LogP contribution in [0.25, 0.3) is 0 Å². The molecular weight excluding hydrogens is 509 g/mol. The monoisotopic (exact) mass is 557 g/mol. The van der Waals surface area contributed by atoms with Gasteiger partial charge >= 0.3 is 13.2 Å². The van der Waals surface area contributed by atoms with Crippen molar-refractivity contribution in [2.24, 2.45) is 5.92 Å². The Kier molecular flexibility index (Phi) is 8.76. The van der Waals surface area contributed by atoms with Crippen molar-refractivity contribution >= 4 is 30.5 Å². The lowest BCUT2D eigenvalue weighted by Gasteiger charge is -2.41. The highest BCUT2D eigenvalue weighted by atomic mass is 16.7. The van der Waals surface area contributed by atoms with Gasteiger partial charge < -0.3 is 29.2 Å². The summed E-state index contributed by atoms with van der Waals surface area (Å²) < 4.78 is 17.8. The molecule has 0 radical (unpaired) electrons. The van der Waals surface area contributed by atoms with Crippen LogP contribution in [0.3, 0.4) is 0 Å². The van der Waals surface area contributed by atoms with Gasteiger partial charge in [-0.2, -0.15) is 0 Å². The predicted molar refractivity (Wildman–Crippen MR) is 155 cm³/mol. The topological polar surface area (TPSA) is 106 Å². The molecule has 1 aromatic heterocycles.